The topological polar surface area (TPSA) is 33.0 Å². The first-order valence-corrected chi connectivity index (χ1v) is 6.16. The van der Waals surface area contributed by atoms with Crippen LogP contribution in [0.4, 0.5) is 0 Å². The molecule has 0 fully saturated rings. The lowest BCUT2D eigenvalue weighted by Gasteiger charge is -2.20. The summed E-state index contributed by atoms with van der Waals surface area (Å²) in [6, 6.07) is 8.30. The highest BCUT2D eigenvalue weighted by Crippen LogP contribution is 2.33. The first-order valence-electron chi connectivity index (χ1n) is 5.17. The van der Waals surface area contributed by atoms with Crippen molar-refractivity contribution in [2.75, 3.05) is 12.9 Å². The van der Waals surface area contributed by atoms with Crippen molar-refractivity contribution in [3.8, 4) is 11.8 Å². The Balaban J connectivity index is 3.07. The van der Waals surface area contributed by atoms with Crippen LogP contribution in [0.5, 0.6) is 5.75 Å². The van der Waals surface area contributed by atoms with Crippen LogP contribution in [0.15, 0.2) is 23.1 Å². The lowest BCUT2D eigenvalue weighted by molar-refractivity contribution is 0.404. The van der Waals surface area contributed by atoms with Gasteiger partial charge in [0.25, 0.3) is 0 Å². The second-order valence-corrected chi connectivity index (χ2v) is 5.58. The lowest BCUT2D eigenvalue weighted by Crippen LogP contribution is -2.11. The molecule has 0 saturated carbocycles. The zero-order valence-electron chi connectivity index (χ0n) is 10.2. The number of nitrogens with zero attached hydrogens (tertiary/aromatic N) is 1. The molecule has 0 saturated heterocycles. The van der Waals surface area contributed by atoms with Crippen LogP contribution in [0, 0.1) is 11.3 Å². The van der Waals surface area contributed by atoms with Crippen LogP contribution in [-0.4, -0.2) is 12.9 Å². The fourth-order valence-electron chi connectivity index (χ4n) is 1.37. The summed E-state index contributed by atoms with van der Waals surface area (Å²) in [5.74, 6) is 1.29. The van der Waals surface area contributed by atoms with Crippen LogP contribution in [0.2, 0.25) is 0 Å². The molecule has 0 N–H and O–H groups in total. The van der Waals surface area contributed by atoms with E-state index in [1.807, 2.05) is 6.07 Å². The maximum Gasteiger partial charge on any atom is 0.132 e. The Morgan fingerprint density at radius 3 is 2.56 bits per heavy atom. The molecule has 0 spiro atoms. The van der Waals surface area contributed by atoms with Crippen LogP contribution < -0.4 is 4.74 Å². The van der Waals surface area contributed by atoms with E-state index in [0.29, 0.717) is 5.75 Å². The molecule has 16 heavy (non-hydrogen) atoms. The summed E-state index contributed by atoms with van der Waals surface area (Å²) in [4.78, 5) is 1.04. The number of hydrogen-bond donors (Lipinski definition) is 0. The van der Waals surface area contributed by atoms with E-state index >= 15 is 0 Å². The Morgan fingerprint density at radius 1 is 1.38 bits per heavy atom. The monoisotopic (exact) mass is 235 g/mol. The number of nitriles is 1. The quantitative estimate of drug-likeness (QED) is 0.750. The maximum atomic E-state index is 8.61. The molecule has 0 atom stereocenters. The molecule has 1 aromatic carbocycles. The van der Waals surface area contributed by atoms with Crippen LogP contribution in [-0.2, 0) is 5.41 Å². The molecule has 0 heterocycles. The SMILES string of the molecule is COc1ccc(C(C)(C)C)cc1SCC#N. The van der Waals surface area contributed by atoms with Gasteiger partial charge in [0.05, 0.1) is 23.8 Å². The Morgan fingerprint density at radius 2 is 2.06 bits per heavy atom. The lowest BCUT2D eigenvalue weighted by atomic mass is 9.87. The van der Waals surface area contributed by atoms with Gasteiger partial charge in [-0.25, -0.2) is 0 Å². The minimum atomic E-state index is 0.119. The number of ether oxygens (including phenoxy) is 1. The zero-order chi connectivity index (χ0) is 12.2. The average Bonchev–Trinajstić information content (AvgIpc) is 2.24. The van der Waals surface area contributed by atoms with E-state index in [1.54, 1.807) is 7.11 Å². The van der Waals surface area contributed by atoms with E-state index in [4.69, 9.17) is 10.00 Å². The van der Waals surface area contributed by atoms with Crippen LogP contribution in [0.25, 0.3) is 0 Å². The summed E-state index contributed by atoms with van der Waals surface area (Å²) in [7, 11) is 1.66. The number of thioether (sulfide) groups is 1. The molecular formula is C13H17NOS. The molecular weight excluding hydrogens is 218 g/mol. The zero-order valence-corrected chi connectivity index (χ0v) is 11.0. The fraction of sp³-hybridized carbons (Fsp3) is 0.462. The van der Waals surface area contributed by atoms with Crippen molar-refractivity contribution >= 4 is 11.8 Å². The van der Waals surface area contributed by atoms with Gasteiger partial charge in [-0.05, 0) is 23.1 Å². The van der Waals surface area contributed by atoms with Gasteiger partial charge >= 0.3 is 0 Å². The largest absolute Gasteiger partial charge is 0.496 e. The minimum absolute atomic E-state index is 0.119. The maximum absolute atomic E-state index is 8.61. The highest BCUT2D eigenvalue weighted by molar-refractivity contribution is 7.99. The van der Waals surface area contributed by atoms with E-state index in [0.717, 1.165) is 10.6 Å². The number of hydrogen-bond acceptors (Lipinski definition) is 3. The van der Waals surface area contributed by atoms with Gasteiger partial charge in [0.1, 0.15) is 5.75 Å². The van der Waals surface area contributed by atoms with Gasteiger partial charge in [0, 0.05) is 0 Å². The van der Waals surface area contributed by atoms with Crippen LogP contribution >= 0.6 is 11.8 Å². The third-order valence-electron chi connectivity index (χ3n) is 2.32. The molecule has 1 aromatic rings. The summed E-state index contributed by atoms with van der Waals surface area (Å²) in [6.07, 6.45) is 0. The molecule has 2 nitrogen and oxygen atoms in total. The summed E-state index contributed by atoms with van der Waals surface area (Å²) < 4.78 is 5.28. The summed E-state index contributed by atoms with van der Waals surface area (Å²) in [5, 5.41) is 8.61. The number of methoxy groups -OCH3 is 1. The third kappa shape index (κ3) is 3.18. The molecule has 3 heteroatoms. The minimum Gasteiger partial charge on any atom is -0.496 e. The molecule has 0 aliphatic heterocycles. The smallest absolute Gasteiger partial charge is 0.132 e. The van der Waals surface area contributed by atoms with Gasteiger partial charge in [-0.15, -0.1) is 11.8 Å². The van der Waals surface area contributed by atoms with Crippen molar-refractivity contribution in [2.24, 2.45) is 0 Å². The van der Waals surface area contributed by atoms with Crippen molar-refractivity contribution in [1.82, 2.24) is 0 Å². The normalized spacial score (nSPS) is 10.9. The standard InChI is InChI=1S/C13H17NOS/c1-13(2,3)10-5-6-11(15-4)12(9-10)16-8-7-14/h5-6,9H,8H2,1-4H3. The molecule has 0 radical (unpaired) electrons. The van der Waals surface area contributed by atoms with E-state index in [1.165, 1.54) is 17.3 Å². The third-order valence-corrected chi connectivity index (χ3v) is 3.23. The van der Waals surface area contributed by atoms with Crippen molar-refractivity contribution in [3.63, 3.8) is 0 Å². The van der Waals surface area contributed by atoms with E-state index in [-0.39, 0.29) is 5.41 Å². The van der Waals surface area contributed by atoms with Crippen molar-refractivity contribution in [2.45, 2.75) is 31.1 Å². The second-order valence-electron chi connectivity index (χ2n) is 4.56. The Kier molecular flexibility index (Phi) is 4.26. The number of benzene rings is 1. The summed E-state index contributed by atoms with van der Waals surface area (Å²) in [6.45, 7) is 6.52. The van der Waals surface area contributed by atoms with Gasteiger partial charge in [0.2, 0.25) is 0 Å². The molecule has 0 unspecified atom stereocenters. The van der Waals surface area contributed by atoms with Gasteiger partial charge in [0.15, 0.2) is 0 Å². The molecule has 0 aliphatic rings. The molecule has 1 rings (SSSR count). The van der Waals surface area contributed by atoms with Gasteiger partial charge in [-0.3, -0.25) is 0 Å². The van der Waals surface area contributed by atoms with Gasteiger partial charge < -0.3 is 4.74 Å². The van der Waals surface area contributed by atoms with Crippen LogP contribution in [0.3, 0.4) is 0 Å². The first-order chi connectivity index (χ1) is 7.49. The van der Waals surface area contributed by atoms with Crippen molar-refractivity contribution in [1.29, 1.82) is 5.26 Å². The first kappa shape index (κ1) is 12.9. The highest BCUT2D eigenvalue weighted by atomic mass is 32.2. The van der Waals surface area contributed by atoms with E-state index < -0.39 is 0 Å². The van der Waals surface area contributed by atoms with E-state index in [9.17, 15) is 0 Å². The molecule has 86 valence electrons. The van der Waals surface area contributed by atoms with Crippen molar-refractivity contribution < 1.29 is 4.74 Å². The molecule has 0 aromatic heterocycles. The Bertz CT molecular complexity index is 401. The van der Waals surface area contributed by atoms with Gasteiger partial charge in [-0.2, -0.15) is 5.26 Å². The molecule has 0 amide bonds. The summed E-state index contributed by atoms with van der Waals surface area (Å²) >= 11 is 1.52. The predicted molar refractivity (Wildman–Crippen MR) is 68.0 cm³/mol. The average molecular weight is 235 g/mol. The van der Waals surface area contributed by atoms with Crippen molar-refractivity contribution in [3.05, 3.63) is 23.8 Å². The second kappa shape index (κ2) is 5.27. The Hall–Kier alpha value is -1.14. The van der Waals surface area contributed by atoms with E-state index in [2.05, 4.69) is 39.0 Å². The molecule has 0 aliphatic carbocycles. The predicted octanol–water partition coefficient (Wildman–Crippen LogP) is 3.61. The van der Waals surface area contributed by atoms with Crippen LogP contribution in [0.1, 0.15) is 26.3 Å². The fourth-order valence-corrected chi connectivity index (χ4v) is 2.09. The summed E-state index contributed by atoms with van der Waals surface area (Å²) in [5.41, 5.74) is 1.38. The highest BCUT2D eigenvalue weighted by Gasteiger charge is 2.15. The Labute approximate surface area is 102 Å². The number of rotatable bonds is 3. The van der Waals surface area contributed by atoms with Gasteiger partial charge in [-0.1, -0.05) is 26.8 Å². The molecule has 0 bridgehead atoms.